The molecule has 0 unspecified atom stereocenters. The molecular formula is C11H22N2O4. The molecule has 1 heterocycles. The maximum absolute atomic E-state index is 11.5. The normalized spacial score (nSPS) is 25.4. The number of nitrogens with one attached hydrogen (secondary N) is 2. The number of aliphatic hydroxyl groups excluding tert-OH is 1. The molecule has 0 aromatic rings. The molecule has 17 heavy (non-hydrogen) atoms. The summed E-state index contributed by atoms with van der Waals surface area (Å²) in [6, 6.07) is 0. The van der Waals surface area contributed by atoms with Crippen molar-refractivity contribution in [1.82, 2.24) is 10.6 Å². The van der Waals surface area contributed by atoms with Crippen molar-refractivity contribution in [3.05, 3.63) is 0 Å². The van der Waals surface area contributed by atoms with Crippen LogP contribution in [-0.2, 0) is 9.47 Å². The number of hydrogen-bond acceptors (Lipinski definition) is 5. The van der Waals surface area contributed by atoms with E-state index in [0.717, 1.165) is 0 Å². The van der Waals surface area contributed by atoms with Crippen LogP contribution in [0.3, 0.4) is 0 Å². The molecule has 0 bridgehead atoms. The standard InChI is InChI=1S/C11H22N2O4/c1-10(2,3)17-9(15)12-6-11(7-14)8-16-5-4-13-11/h13-14H,4-8H2,1-3H3,(H,12,15)/t11-/m1/s1. The minimum Gasteiger partial charge on any atom is -0.444 e. The van der Waals surface area contributed by atoms with Gasteiger partial charge in [0.15, 0.2) is 0 Å². The summed E-state index contributed by atoms with van der Waals surface area (Å²) in [5, 5.41) is 15.1. The van der Waals surface area contributed by atoms with E-state index in [1.54, 1.807) is 20.8 Å². The lowest BCUT2D eigenvalue weighted by atomic mass is 10.0. The largest absolute Gasteiger partial charge is 0.444 e. The first-order chi connectivity index (χ1) is 7.87. The predicted octanol–water partition coefficient (Wildman–Crippen LogP) is -0.138. The van der Waals surface area contributed by atoms with Crippen molar-refractivity contribution in [3.63, 3.8) is 0 Å². The highest BCUT2D eigenvalue weighted by Crippen LogP contribution is 2.09. The molecule has 0 aromatic carbocycles. The highest BCUT2D eigenvalue weighted by molar-refractivity contribution is 5.67. The Morgan fingerprint density at radius 3 is 2.76 bits per heavy atom. The molecular weight excluding hydrogens is 224 g/mol. The molecule has 1 fully saturated rings. The lowest BCUT2D eigenvalue weighted by Gasteiger charge is -2.36. The fourth-order valence-corrected chi connectivity index (χ4v) is 1.53. The maximum atomic E-state index is 11.5. The molecule has 1 aliphatic heterocycles. The summed E-state index contributed by atoms with van der Waals surface area (Å²) >= 11 is 0. The molecule has 6 heteroatoms. The van der Waals surface area contributed by atoms with E-state index >= 15 is 0 Å². The monoisotopic (exact) mass is 246 g/mol. The van der Waals surface area contributed by atoms with Crippen LogP contribution in [0, 0.1) is 0 Å². The first-order valence-electron chi connectivity index (χ1n) is 5.77. The summed E-state index contributed by atoms with van der Waals surface area (Å²) in [4.78, 5) is 11.5. The summed E-state index contributed by atoms with van der Waals surface area (Å²) in [5.74, 6) is 0. The molecule has 1 atom stereocenters. The Morgan fingerprint density at radius 1 is 1.59 bits per heavy atom. The molecule has 0 spiro atoms. The van der Waals surface area contributed by atoms with E-state index in [4.69, 9.17) is 9.47 Å². The first kappa shape index (κ1) is 14.2. The Hall–Kier alpha value is -0.850. The Morgan fingerprint density at radius 2 is 2.29 bits per heavy atom. The van der Waals surface area contributed by atoms with Crippen LogP contribution in [0.4, 0.5) is 4.79 Å². The lowest BCUT2D eigenvalue weighted by Crippen LogP contribution is -2.62. The van der Waals surface area contributed by atoms with Gasteiger partial charge in [-0.15, -0.1) is 0 Å². The zero-order chi connectivity index (χ0) is 12.9. The number of ether oxygens (including phenoxy) is 2. The number of rotatable bonds is 3. The third-order valence-electron chi connectivity index (χ3n) is 2.40. The Balaban J connectivity index is 2.39. The number of carbonyl (C=O) groups is 1. The average Bonchev–Trinajstić information content (AvgIpc) is 2.25. The highest BCUT2D eigenvalue weighted by atomic mass is 16.6. The Labute approximate surface area is 102 Å². The van der Waals surface area contributed by atoms with Crippen molar-refractivity contribution in [2.24, 2.45) is 0 Å². The first-order valence-corrected chi connectivity index (χ1v) is 5.77. The maximum Gasteiger partial charge on any atom is 0.407 e. The van der Waals surface area contributed by atoms with Crippen molar-refractivity contribution in [2.75, 3.05) is 32.9 Å². The van der Waals surface area contributed by atoms with Gasteiger partial charge in [0.1, 0.15) is 5.60 Å². The quantitative estimate of drug-likeness (QED) is 0.646. The summed E-state index contributed by atoms with van der Waals surface area (Å²) in [6.07, 6.45) is -0.488. The molecule has 100 valence electrons. The second-order valence-electron chi connectivity index (χ2n) is 5.27. The topological polar surface area (TPSA) is 79.8 Å². The number of alkyl carbamates (subject to hydrolysis) is 1. The molecule has 3 N–H and O–H groups in total. The molecule has 1 amide bonds. The van der Waals surface area contributed by atoms with Gasteiger partial charge in [-0.2, -0.15) is 0 Å². The van der Waals surface area contributed by atoms with Gasteiger partial charge in [0.25, 0.3) is 0 Å². The van der Waals surface area contributed by atoms with Crippen LogP contribution in [0.2, 0.25) is 0 Å². The Bertz CT molecular complexity index is 257. The van der Waals surface area contributed by atoms with E-state index in [1.165, 1.54) is 0 Å². The molecule has 0 aromatic heterocycles. The summed E-state index contributed by atoms with van der Waals surface area (Å²) < 4.78 is 10.4. The van der Waals surface area contributed by atoms with Crippen LogP contribution in [0.15, 0.2) is 0 Å². The summed E-state index contributed by atoms with van der Waals surface area (Å²) in [7, 11) is 0. The van der Waals surface area contributed by atoms with E-state index in [9.17, 15) is 9.90 Å². The fourth-order valence-electron chi connectivity index (χ4n) is 1.53. The summed E-state index contributed by atoms with van der Waals surface area (Å²) in [5.41, 5.74) is -1.12. The molecule has 6 nitrogen and oxygen atoms in total. The third-order valence-corrected chi connectivity index (χ3v) is 2.40. The van der Waals surface area contributed by atoms with Gasteiger partial charge in [0.05, 0.1) is 25.4 Å². The fraction of sp³-hybridized carbons (Fsp3) is 0.909. The predicted molar refractivity (Wildman–Crippen MR) is 62.9 cm³/mol. The SMILES string of the molecule is CC(C)(C)OC(=O)NC[C@@]1(CO)COCCN1. The van der Waals surface area contributed by atoms with Crippen molar-refractivity contribution >= 4 is 6.09 Å². The van der Waals surface area contributed by atoms with Gasteiger partial charge in [0, 0.05) is 13.1 Å². The van der Waals surface area contributed by atoms with Gasteiger partial charge in [-0.05, 0) is 20.8 Å². The molecule has 1 rings (SSSR count). The van der Waals surface area contributed by atoms with Crippen LogP contribution in [-0.4, -0.2) is 55.2 Å². The molecule has 0 saturated carbocycles. The highest BCUT2D eigenvalue weighted by Gasteiger charge is 2.32. The minimum absolute atomic E-state index is 0.0944. The van der Waals surface area contributed by atoms with Gasteiger partial charge in [-0.25, -0.2) is 4.79 Å². The van der Waals surface area contributed by atoms with Gasteiger partial charge < -0.3 is 25.2 Å². The van der Waals surface area contributed by atoms with Crippen LogP contribution in [0.25, 0.3) is 0 Å². The van der Waals surface area contributed by atoms with Crippen molar-refractivity contribution in [3.8, 4) is 0 Å². The summed E-state index contributed by atoms with van der Waals surface area (Å²) in [6.45, 7) is 7.24. The van der Waals surface area contributed by atoms with E-state index in [2.05, 4.69) is 10.6 Å². The number of aliphatic hydroxyl groups is 1. The number of hydrogen-bond donors (Lipinski definition) is 3. The van der Waals surface area contributed by atoms with E-state index in [-0.39, 0.29) is 13.2 Å². The van der Waals surface area contributed by atoms with Crippen molar-refractivity contribution in [1.29, 1.82) is 0 Å². The van der Waals surface area contributed by atoms with Crippen molar-refractivity contribution < 1.29 is 19.4 Å². The van der Waals surface area contributed by atoms with Crippen molar-refractivity contribution in [2.45, 2.75) is 31.9 Å². The number of carbonyl (C=O) groups excluding carboxylic acids is 1. The number of amides is 1. The lowest BCUT2D eigenvalue weighted by molar-refractivity contribution is -0.00311. The zero-order valence-electron chi connectivity index (χ0n) is 10.7. The van der Waals surface area contributed by atoms with Crippen LogP contribution in [0.1, 0.15) is 20.8 Å². The minimum atomic E-state index is -0.602. The van der Waals surface area contributed by atoms with Gasteiger partial charge in [0.2, 0.25) is 0 Å². The smallest absolute Gasteiger partial charge is 0.407 e. The molecule has 1 aliphatic rings. The molecule has 0 aliphatic carbocycles. The second-order valence-corrected chi connectivity index (χ2v) is 5.27. The van der Waals surface area contributed by atoms with Crippen LogP contribution < -0.4 is 10.6 Å². The average molecular weight is 246 g/mol. The van der Waals surface area contributed by atoms with Gasteiger partial charge >= 0.3 is 6.09 Å². The van der Waals surface area contributed by atoms with Crippen LogP contribution >= 0.6 is 0 Å². The second kappa shape index (κ2) is 5.66. The Kier molecular flexibility index (Phi) is 4.73. The zero-order valence-corrected chi connectivity index (χ0v) is 10.7. The van der Waals surface area contributed by atoms with Crippen LogP contribution in [0.5, 0.6) is 0 Å². The van der Waals surface area contributed by atoms with E-state index in [1.807, 2.05) is 0 Å². The van der Waals surface area contributed by atoms with E-state index < -0.39 is 17.2 Å². The number of morpholine rings is 1. The van der Waals surface area contributed by atoms with Gasteiger partial charge in [-0.1, -0.05) is 0 Å². The van der Waals surface area contributed by atoms with E-state index in [0.29, 0.717) is 19.8 Å². The molecule has 0 radical (unpaired) electrons. The third kappa shape index (κ3) is 4.89. The molecule has 1 saturated heterocycles. The van der Waals surface area contributed by atoms with Gasteiger partial charge in [-0.3, -0.25) is 0 Å².